The summed E-state index contributed by atoms with van der Waals surface area (Å²) in [5.74, 6) is 0.435. The normalized spacial score (nSPS) is 23.8. The molecule has 18 nitrogen and oxygen atoms in total. The van der Waals surface area contributed by atoms with Crippen molar-refractivity contribution in [1.29, 1.82) is 0 Å². The van der Waals surface area contributed by atoms with Gasteiger partial charge in [0.25, 0.3) is 0 Å². The Hall–Kier alpha value is -2.83. The second kappa shape index (κ2) is 14.8. The third kappa shape index (κ3) is 8.63. The number of imidazole rings is 1. The molecule has 1 saturated heterocycles. The number of fused-ring (bicyclic) bond motifs is 1. The van der Waals surface area contributed by atoms with Crippen LogP contribution in [0.4, 0.5) is 15.4 Å². The molecule has 4 N–H and O–H groups in total. The van der Waals surface area contributed by atoms with Crippen LogP contribution in [0.25, 0.3) is 11.2 Å². The quantitative estimate of drug-likeness (QED) is 0.105. The van der Waals surface area contributed by atoms with Crippen molar-refractivity contribution in [2.24, 2.45) is 0 Å². The molecule has 0 radical (unpaired) electrons. The molecule has 20 heteroatoms. The molecule has 43 heavy (non-hydrogen) atoms. The molecule has 0 aromatic carbocycles. The molecule has 0 amide bonds. The summed E-state index contributed by atoms with van der Waals surface area (Å²) in [6.07, 6.45) is -3.49. The number of aromatic nitrogens is 4. The first-order chi connectivity index (χ1) is 20.5. The molecule has 1 aliphatic heterocycles. The molecule has 1 unspecified atom stereocenters. The summed E-state index contributed by atoms with van der Waals surface area (Å²) in [5.41, 5.74) is 0.644. The second-order valence-corrected chi connectivity index (χ2v) is 11.6. The zero-order valence-electron chi connectivity index (χ0n) is 23.2. The fourth-order valence-corrected chi connectivity index (χ4v) is 5.43. The predicted octanol–water partition coefficient (Wildman–Crippen LogP) is 2.26. The lowest BCUT2D eigenvalue weighted by molar-refractivity contribution is -0.206. The van der Waals surface area contributed by atoms with Crippen LogP contribution in [-0.4, -0.2) is 104 Å². The van der Waals surface area contributed by atoms with Crippen LogP contribution >= 0.6 is 19.2 Å². The van der Waals surface area contributed by atoms with Crippen LogP contribution in [-0.2, 0) is 37.5 Å². The van der Waals surface area contributed by atoms with E-state index >= 15 is 0 Å². The molecule has 1 aliphatic carbocycles. The molecule has 4 rings (SSSR count). The topological polar surface area (TPSA) is 232 Å². The van der Waals surface area contributed by atoms with Gasteiger partial charge in [-0.1, -0.05) is 12.8 Å². The molecule has 1 saturated carbocycles. The number of anilines is 1. The number of nitrogens with zero attached hydrogens (tertiary/aromatic N) is 4. The number of hydrogen-bond acceptors (Lipinski definition) is 16. The van der Waals surface area contributed by atoms with Gasteiger partial charge in [-0.3, -0.25) is 9.13 Å². The van der Waals surface area contributed by atoms with Crippen LogP contribution in [0.1, 0.15) is 45.8 Å². The SMILES string of the molecule is CCOC(=O)OC(OC(=O)OCC)OP(=O)(O)COC[C@H]1O[C@@H](n2cnc3c(NC4CCCC4)nc(Cl)nc32)[C@H](O)[C@@H]1O. The summed E-state index contributed by atoms with van der Waals surface area (Å²) in [5, 5.41) is 24.6. The van der Waals surface area contributed by atoms with Crippen molar-refractivity contribution < 1.29 is 62.2 Å². The number of rotatable bonds is 13. The van der Waals surface area contributed by atoms with Crippen LogP contribution in [0.3, 0.4) is 0 Å². The molecule has 2 aromatic heterocycles. The van der Waals surface area contributed by atoms with Gasteiger partial charge in [0.15, 0.2) is 23.2 Å². The van der Waals surface area contributed by atoms with Gasteiger partial charge in [0.2, 0.25) is 5.28 Å². The number of nitrogens with one attached hydrogen (secondary N) is 1. The van der Waals surface area contributed by atoms with Crippen molar-refractivity contribution in [1.82, 2.24) is 19.5 Å². The van der Waals surface area contributed by atoms with Gasteiger partial charge < -0.3 is 48.8 Å². The van der Waals surface area contributed by atoms with Gasteiger partial charge >= 0.3 is 26.4 Å². The van der Waals surface area contributed by atoms with E-state index in [4.69, 9.17) is 25.6 Å². The van der Waals surface area contributed by atoms with Crippen LogP contribution in [0, 0.1) is 0 Å². The fourth-order valence-electron chi connectivity index (χ4n) is 4.51. The second-order valence-electron chi connectivity index (χ2n) is 9.47. The molecule has 0 spiro atoms. The third-order valence-electron chi connectivity index (χ3n) is 6.40. The van der Waals surface area contributed by atoms with E-state index in [1.165, 1.54) is 24.7 Å². The highest BCUT2D eigenvalue weighted by Crippen LogP contribution is 2.44. The minimum Gasteiger partial charge on any atom is -0.434 e. The van der Waals surface area contributed by atoms with E-state index in [1.807, 2.05) is 0 Å². The maximum atomic E-state index is 12.6. The Bertz CT molecular complexity index is 1290. The van der Waals surface area contributed by atoms with Crippen molar-refractivity contribution in [3.63, 3.8) is 0 Å². The summed E-state index contributed by atoms with van der Waals surface area (Å²) < 4.78 is 47.9. The summed E-state index contributed by atoms with van der Waals surface area (Å²) in [4.78, 5) is 46.2. The molecular formula is C23H33ClN5O13P. The van der Waals surface area contributed by atoms with Crippen molar-refractivity contribution in [3.8, 4) is 0 Å². The van der Waals surface area contributed by atoms with E-state index in [0.717, 1.165) is 25.7 Å². The highest BCUT2D eigenvalue weighted by molar-refractivity contribution is 7.52. The molecule has 240 valence electrons. The number of aliphatic hydroxyl groups is 2. The number of ether oxygens (including phenoxy) is 6. The smallest absolute Gasteiger partial charge is 0.434 e. The third-order valence-corrected chi connectivity index (χ3v) is 7.58. The largest absolute Gasteiger partial charge is 0.513 e. The predicted molar refractivity (Wildman–Crippen MR) is 144 cm³/mol. The first-order valence-electron chi connectivity index (χ1n) is 13.4. The lowest BCUT2D eigenvalue weighted by atomic mass is 10.1. The molecular weight excluding hydrogens is 621 g/mol. The molecule has 5 atom stereocenters. The van der Waals surface area contributed by atoms with Crippen molar-refractivity contribution in [2.45, 2.75) is 76.6 Å². The molecule has 2 aromatic rings. The van der Waals surface area contributed by atoms with Crippen molar-refractivity contribution in [3.05, 3.63) is 11.6 Å². The van der Waals surface area contributed by atoms with E-state index in [9.17, 15) is 29.3 Å². The maximum absolute atomic E-state index is 12.6. The Labute approximate surface area is 250 Å². The first-order valence-corrected chi connectivity index (χ1v) is 15.6. The number of halogens is 1. The zero-order chi connectivity index (χ0) is 31.1. The lowest BCUT2D eigenvalue weighted by Gasteiger charge is -2.21. The molecule has 0 bridgehead atoms. The maximum Gasteiger partial charge on any atom is 0.513 e. The van der Waals surface area contributed by atoms with Gasteiger partial charge in [0, 0.05) is 6.04 Å². The number of hydrogen-bond donors (Lipinski definition) is 4. The number of carbonyl (C=O) groups excluding carboxylic acids is 2. The highest BCUT2D eigenvalue weighted by atomic mass is 35.5. The van der Waals surface area contributed by atoms with Gasteiger partial charge in [-0.05, 0) is 38.3 Å². The lowest BCUT2D eigenvalue weighted by Crippen LogP contribution is -2.34. The highest BCUT2D eigenvalue weighted by Gasteiger charge is 2.45. The van der Waals surface area contributed by atoms with Crippen LogP contribution in [0.2, 0.25) is 5.28 Å². The summed E-state index contributed by atoms with van der Waals surface area (Å²) in [6, 6.07) is 0.214. The molecule has 3 heterocycles. The monoisotopic (exact) mass is 653 g/mol. The number of carbonyl (C=O) groups is 2. The Morgan fingerprint density at radius 2 is 1.79 bits per heavy atom. The zero-order valence-corrected chi connectivity index (χ0v) is 24.9. The van der Waals surface area contributed by atoms with Gasteiger partial charge in [0.05, 0.1) is 26.1 Å². The number of aliphatic hydroxyl groups excluding tert-OH is 2. The first kappa shape index (κ1) is 33.1. The van der Waals surface area contributed by atoms with Crippen LogP contribution < -0.4 is 5.32 Å². The van der Waals surface area contributed by atoms with Gasteiger partial charge in [0.1, 0.15) is 24.7 Å². The minimum atomic E-state index is -4.75. The Morgan fingerprint density at radius 3 is 2.42 bits per heavy atom. The van der Waals surface area contributed by atoms with Crippen LogP contribution in [0.5, 0.6) is 0 Å². The Kier molecular flexibility index (Phi) is 11.4. The minimum absolute atomic E-state index is 0.0569. The Balaban J connectivity index is 1.38. The van der Waals surface area contributed by atoms with E-state index in [0.29, 0.717) is 11.3 Å². The van der Waals surface area contributed by atoms with Gasteiger partial charge in [-0.15, -0.1) is 0 Å². The molecule has 2 fully saturated rings. The summed E-state index contributed by atoms with van der Waals surface area (Å²) in [7, 11) is -4.75. The van der Waals surface area contributed by atoms with E-state index in [2.05, 4.69) is 39.2 Å². The summed E-state index contributed by atoms with van der Waals surface area (Å²) >= 11 is 6.17. The Morgan fingerprint density at radius 1 is 1.14 bits per heavy atom. The van der Waals surface area contributed by atoms with E-state index in [1.54, 1.807) is 0 Å². The van der Waals surface area contributed by atoms with Crippen LogP contribution in [0.15, 0.2) is 6.33 Å². The van der Waals surface area contributed by atoms with Gasteiger partial charge in [-0.2, -0.15) is 9.97 Å². The van der Waals surface area contributed by atoms with E-state index < -0.39 is 63.9 Å². The van der Waals surface area contributed by atoms with Crippen molar-refractivity contribution >= 4 is 48.5 Å². The van der Waals surface area contributed by atoms with Crippen molar-refractivity contribution in [2.75, 3.05) is 31.5 Å². The fraction of sp³-hybridized carbons (Fsp3) is 0.696. The van der Waals surface area contributed by atoms with E-state index in [-0.39, 0.29) is 30.2 Å². The standard InChI is InChI=1S/C23H33ClN5O13P/c1-3-37-21(32)40-23(41-22(33)38-4-2)42-43(34,35)11-36-9-13-15(30)16(31)19(39-13)29-10-25-14-17(26-12-7-5-6-8-12)27-20(24)28-18(14)29/h10,12-13,15-16,19,23,30-31H,3-9,11H2,1-2H3,(H,34,35)(H,26,27,28)/t13-,15-,16-,19-/m1/s1. The van der Waals surface area contributed by atoms with Gasteiger partial charge in [-0.25, -0.2) is 19.1 Å². The average Bonchev–Trinajstić information content (AvgIpc) is 3.65. The molecule has 2 aliphatic rings. The average molecular weight is 654 g/mol. The summed E-state index contributed by atoms with van der Waals surface area (Å²) in [6.45, 7) is -0.0446.